The van der Waals surface area contributed by atoms with Gasteiger partial charge in [-0.2, -0.15) is 4.52 Å². The highest BCUT2D eigenvalue weighted by Crippen LogP contribution is 2.30. The molecule has 160 valence electrons. The number of anilines is 1. The first-order valence-corrected chi connectivity index (χ1v) is 11.5. The summed E-state index contributed by atoms with van der Waals surface area (Å²) >= 11 is 12.3. The number of nitrogens with zero attached hydrogens (tertiary/aromatic N) is 3. The SMILES string of the molecule is O=c1[nH]c2ccccc2c2nc(-c3ccc(Cl)c(S(=O)(=O)Nc4ccccc4Cl)c3)nn12. The summed E-state index contributed by atoms with van der Waals surface area (Å²) in [5, 5.41) is 5.23. The van der Waals surface area contributed by atoms with Crippen molar-refractivity contribution in [2.45, 2.75) is 4.90 Å². The summed E-state index contributed by atoms with van der Waals surface area (Å²) in [5.41, 5.74) is 1.11. The van der Waals surface area contributed by atoms with Crippen molar-refractivity contribution in [1.82, 2.24) is 19.6 Å². The smallest absolute Gasteiger partial charge is 0.305 e. The maximum absolute atomic E-state index is 13.0. The second kappa shape index (κ2) is 7.63. The first-order chi connectivity index (χ1) is 15.3. The van der Waals surface area contributed by atoms with Crippen LogP contribution >= 0.6 is 23.2 Å². The summed E-state index contributed by atoms with van der Waals surface area (Å²) < 4.78 is 29.6. The molecule has 5 rings (SSSR count). The Kier molecular flexibility index (Phi) is 4.89. The van der Waals surface area contributed by atoms with E-state index in [9.17, 15) is 13.2 Å². The monoisotopic (exact) mass is 485 g/mol. The van der Waals surface area contributed by atoms with Crippen molar-refractivity contribution in [2.75, 3.05) is 4.72 Å². The van der Waals surface area contributed by atoms with Gasteiger partial charge in [0.05, 0.1) is 21.2 Å². The molecule has 11 heteroatoms. The van der Waals surface area contributed by atoms with Crippen LogP contribution in [0.2, 0.25) is 10.0 Å². The standard InChI is InChI=1S/C21H13Cl2N5O3S/c22-14-6-2-4-8-17(14)27-32(30,31)18-11-12(9-10-15(18)23)19-25-20-13-5-1-3-7-16(13)24-21(29)28(20)26-19/h1-11,27H,(H,24,29). The molecule has 3 aromatic carbocycles. The lowest BCUT2D eigenvalue weighted by Crippen LogP contribution is -2.17. The fourth-order valence-corrected chi connectivity index (χ4v) is 5.14. The van der Waals surface area contributed by atoms with Crippen LogP contribution in [0.3, 0.4) is 0 Å². The molecule has 0 fully saturated rings. The zero-order valence-electron chi connectivity index (χ0n) is 16.1. The molecule has 0 atom stereocenters. The predicted molar refractivity (Wildman–Crippen MR) is 124 cm³/mol. The van der Waals surface area contributed by atoms with Gasteiger partial charge in [0.1, 0.15) is 4.90 Å². The fraction of sp³-hybridized carbons (Fsp3) is 0. The van der Waals surface area contributed by atoms with Gasteiger partial charge in [-0.05, 0) is 42.5 Å². The van der Waals surface area contributed by atoms with E-state index in [1.165, 1.54) is 12.1 Å². The van der Waals surface area contributed by atoms with Gasteiger partial charge in [-0.3, -0.25) is 4.72 Å². The Morgan fingerprint density at radius 2 is 1.69 bits per heavy atom. The van der Waals surface area contributed by atoms with Crippen molar-refractivity contribution in [2.24, 2.45) is 0 Å². The molecule has 0 radical (unpaired) electrons. The zero-order chi connectivity index (χ0) is 22.5. The van der Waals surface area contributed by atoms with Crippen LogP contribution in [0.5, 0.6) is 0 Å². The number of fused-ring (bicyclic) bond motifs is 3. The number of nitrogens with one attached hydrogen (secondary N) is 2. The van der Waals surface area contributed by atoms with Crippen molar-refractivity contribution >= 4 is 55.5 Å². The van der Waals surface area contributed by atoms with Gasteiger partial charge in [0.25, 0.3) is 10.0 Å². The number of aromatic amines is 1. The molecule has 2 N–H and O–H groups in total. The molecule has 0 unspecified atom stereocenters. The summed E-state index contributed by atoms with van der Waals surface area (Å²) in [6, 6.07) is 18.0. The van der Waals surface area contributed by atoms with E-state index < -0.39 is 15.7 Å². The quantitative estimate of drug-likeness (QED) is 0.393. The van der Waals surface area contributed by atoms with Crippen LogP contribution in [-0.2, 0) is 10.0 Å². The van der Waals surface area contributed by atoms with E-state index in [1.54, 1.807) is 42.5 Å². The van der Waals surface area contributed by atoms with E-state index in [-0.39, 0.29) is 26.5 Å². The van der Waals surface area contributed by atoms with Crippen LogP contribution < -0.4 is 10.4 Å². The van der Waals surface area contributed by atoms with E-state index in [0.29, 0.717) is 22.1 Å². The number of H-pyrrole nitrogens is 1. The number of rotatable bonds is 4. The topological polar surface area (TPSA) is 109 Å². The third kappa shape index (κ3) is 3.50. The molecule has 0 aliphatic carbocycles. The van der Waals surface area contributed by atoms with Gasteiger partial charge in [0.15, 0.2) is 11.5 Å². The third-order valence-corrected chi connectivity index (χ3v) is 6.98. The minimum absolute atomic E-state index is 0.0142. The number of halogens is 2. The number of benzene rings is 3. The summed E-state index contributed by atoms with van der Waals surface area (Å²) in [6.45, 7) is 0. The molecule has 5 aromatic rings. The van der Waals surface area contributed by atoms with Gasteiger partial charge in [0, 0.05) is 10.9 Å². The lowest BCUT2D eigenvalue weighted by molar-refractivity contribution is 0.601. The Labute approximate surface area is 191 Å². The summed E-state index contributed by atoms with van der Waals surface area (Å²) in [7, 11) is -4.07. The van der Waals surface area contributed by atoms with Crippen molar-refractivity contribution < 1.29 is 8.42 Å². The maximum Gasteiger partial charge on any atom is 0.348 e. The molecular formula is C21H13Cl2N5O3S. The largest absolute Gasteiger partial charge is 0.348 e. The molecule has 0 aliphatic rings. The lowest BCUT2D eigenvalue weighted by atomic mass is 10.2. The molecule has 0 amide bonds. The van der Waals surface area contributed by atoms with Crippen molar-refractivity contribution in [1.29, 1.82) is 0 Å². The second-order valence-electron chi connectivity index (χ2n) is 6.88. The lowest BCUT2D eigenvalue weighted by Gasteiger charge is -2.11. The van der Waals surface area contributed by atoms with E-state index in [1.807, 2.05) is 12.1 Å². The van der Waals surface area contributed by atoms with E-state index in [0.717, 1.165) is 4.52 Å². The van der Waals surface area contributed by atoms with Gasteiger partial charge < -0.3 is 4.98 Å². The molecule has 0 aliphatic heterocycles. The fourth-order valence-electron chi connectivity index (χ4n) is 3.30. The summed E-state index contributed by atoms with van der Waals surface area (Å²) in [5.74, 6) is 0.178. The third-order valence-electron chi connectivity index (χ3n) is 4.81. The Hall–Kier alpha value is -3.40. The number of sulfonamides is 1. The summed E-state index contributed by atoms with van der Waals surface area (Å²) in [4.78, 5) is 19.5. The van der Waals surface area contributed by atoms with Crippen LogP contribution in [-0.4, -0.2) is 28.0 Å². The molecule has 0 bridgehead atoms. The number of hydrogen-bond acceptors (Lipinski definition) is 5. The normalized spacial score (nSPS) is 11.8. The molecule has 32 heavy (non-hydrogen) atoms. The molecule has 2 heterocycles. The first kappa shape index (κ1) is 20.5. The van der Waals surface area contributed by atoms with Gasteiger partial charge in [-0.15, -0.1) is 5.10 Å². The van der Waals surface area contributed by atoms with Crippen LogP contribution in [0.15, 0.2) is 76.4 Å². The first-order valence-electron chi connectivity index (χ1n) is 9.28. The van der Waals surface area contributed by atoms with Crippen LogP contribution in [0.25, 0.3) is 27.9 Å². The molecule has 0 saturated heterocycles. The average Bonchev–Trinajstić information content (AvgIpc) is 3.22. The average molecular weight is 486 g/mol. The molecule has 8 nitrogen and oxygen atoms in total. The molecule has 0 saturated carbocycles. The van der Waals surface area contributed by atoms with E-state index in [4.69, 9.17) is 23.2 Å². The Balaban J connectivity index is 1.63. The van der Waals surface area contributed by atoms with Crippen LogP contribution in [0.1, 0.15) is 0 Å². The van der Waals surface area contributed by atoms with Gasteiger partial charge in [-0.25, -0.2) is 18.2 Å². The number of hydrogen-bond donors (Lipinski definition) is 2. The van der Waals surface area contributed by atoms with Gasteiger partial charge in [-0.1, -0.05) is 47.5 Å². The van der Waals surface area contributed by atoms with E-state index >= 15 is 0 Å². The van der Waals surface area contributed by atoms with Gasteiger partial charge in [0.2, 0.25) is 0 Å². The zero-order valence-corrected chi connectivity index (χ0v) is 18.4. The van der Waals surface area contributed by atoms with Crippen molar-refractivity contribution in [3.05, 3.63) is 87.3 Å². The molecular weight excluding hydrogens is 473 g/mol. The number of para-hydroxylation sites is 2. The van der Waals surface area contributed by atoms with Gasteiger partial charge >= 0.3 is 5.69 Å². The summed E-state index contributed by atoms with van der Waals surface area (Å²) in [6.07, 6.45) is 0. The van der Waals surface area contributed by atoms with Crippen LogP contribution in [0.4, 0.5) is 5.69 Å². The Morgan fingerprint density at radius 3 is 2.50 bits per heavy atom. The molecule has 2 aromatic heterocycles. The highest BCUT2D eigenvalue weighted by molar-refractivity contribution is 7.92. The predicted octanol–water partition coefficient (Wildman–Crippen LogP) is 4.35. The van der Waals surface area contributed by atoms with Crippen molar-refractivity contribution in [3.8, 4) is 11.4 Å². The second-order valence-corrected chi connectivity index (χ2v) is 9.34. The minimum Gasteiger partial charge on any atom is -0.305 e. The maximum atomic E-state index is 13.0. The van der Waals surface area contributed by atoms with Crippen LogP contribution in [0, 0.1) is 0 Å². The highest BCUT2D eigenvalue weighted by Gasteiger charge is 2.21. The van der Waals surface area contributed by atoms with E-state index in [2.05, 4.69) is 19.8 Å². The highest BCUT2D eigenvalue weighted by atomic mass is 35.5. The minimum atomic E-state index is -4.07. The number of aromatic nitrogens is 4. The molecule has 0 spiro atoms. The Morgan fingerprint density at radius 1 is 0.938 bits per heavy atom. The van der Waals surface area contributed by atoms with Crippen molar-refractivity contribution in [3.63, 3.8) is 0 Å². The Bertz CT molecular complexity index is 1680.